The molecule has 0 atom stereocenters. The molecule has 0 aliphatic heterocycles. The summed E-state index contributed by atoms with van der Waals surface area (Å²) in [5, 5.41) is 10.6. The van der Waals surface area contributed by atoms with Crippen molar-refractivity contribution in [2.45, 2.75) is 32.6 Å². The highest BCUT2D eigenvalue weighted by molar-refractivity contribution is 5.71. The van der Waals surface area contributed by atoms with Gasteiger partial charge in [0.25, 0.3) is 0 Å². The van der Waals surface area contributed by atoms with E-state index in [9.17, 15) is 5.11 Å². The number of rotatable bonds is 0. The average Bonchev–Trinajstić information content (AvgIpc) is 2.66. The van der Waals surface area contributed by atoms with Crippen molar-refractivity contribution >= 4 is 0 Å². The fourth-order valence-electron chi connectivity index (χ4n) is 4.45. The molecule has 0 spiro atoms. The van der Waals surface area contributed by atoms with Gasteiger partial charge in [0.2, 0.25) is 0 Å². The lowest BCUT2D eigenvalue weighted by atomic mass is 9.60. The minimum Gasteiger partial charge on any atom is -0.508 e. The zero-order valence-corrected chi connectivity index (χ0v) is 14.4. The molecule has 1 heteroatoms. The predicted octanol–water partition coefficient (Wildman–Crippen LogP) is 5.71. The van der Waals surface area contributed by atoms with Crippen molar-refractivity contribution in [3.05, 3.63) is 99.6 Å². The lowest BCUT2D eigenvalue weighted by Crippen LogP contribution is -2.28. The van der Waals surface area contributed by atoms with Crippen LogP contribution in [0.1, 0.15) is 64.6 Å². The van der Waals surface area contributed by atoms with Crippen molar-refractivity contribution in [3.8, 4) is 5.75 Å². The fraction of sp³-hybridized carbons (Fsp3) is 0.217. The third-order valence-corrected chi connectivity index (χ3v) is 5.30. The minimum atomic E-state index is 0.160. The Bertz CT molecular complexity index is 801. The summed E-state index contributed by atoms with van der Waals surface area (Å²) >= 11 is 0. The van der Waals surface area contributed by atoms with E-state index < -0.39 is 0 Å². The predicted molar refractivity (Wildman–Crippen MR) is 99.0 cm³/mol. The second kappa shape index (κ2) is 5.52. The van der Waals surface area contributed by atoms with Crippen LogP contribution in [-0.4, -0.2) is 5.11 Å². The van der Waals surface area contributed by atoms with Gasteiger partial charge in [-0.1, -0.05) is 68.4 Å². The van der Waals surface area contributed by atoms with Gasteiger partial charge in [-0.3, -0.25) is 0 Å². The van der Waals surface area contributed by atoms with Crippen molar-refractivity contribution in [2.75, 3.05) is 0 Å². The third-order valence-electron chi connectivity index (χ3n) is 5.30. The van der Waals surface area contributed by atoms with E-state index >= 15 is 0 Å². The first-order chi connectivity index (χ1) is 11.8. The van der Waals surface area contributed by atoms with Crippen LogP contribution in [0.25, 0.3) is 0 Å². The van der Waals surface area contributed by atoms with E-state index in [2.05, 4.69) is 55.5 Å². The molecular weight excluding hydrogens is 292 g/mol. The summed E-state index contributed by atoms with van der Waals surface area (Å²) < 4.78 is 0. The number of benzene rings is 3. The molecule has 24 heavy (non-hydrogen) atoms. The van der Waals surface area contributed by atoms with Crippen molar-refractivity contribution in [3.63, 3.8) is 0 Å². The van der Waals surface area contributed by atoms with Crippen molar-refractivity contribution in [1.82, 2.24) is 0 Å². The van der Waals surface area contributed by atoms with Crippen LogP contribution in [0.3, 0.4) is 0 Å². The highest BCUT2D eigenvalue weighted by Gasteiger charge is 2.42. The normalized spacial score (nSPS) is 18.8. The van der Waals surface area contributed by atoms with E-state index in [1.165, 1.54) is 33.4 Å². The number of aromatic hydroxyl groups is 1. The Morgan fingerprint density at radius 3 is 1.50 bits per heavy atom. The van der Waals surface area contributed by atoms with Gasteiger partial charge in [-0.15, -0.1) is 0 Å². The Morgan fingerprint density at radius 1 is 0.625 bits per heavy atom. The molecule has 6 rings (SSSR count). The molecule has 0 aromatic heterocycles. The summed E-state index contributed by atoms with van der Waals surface area (Å²) in [4.78, 5) is 0. The molecule has 0 radical (unpaired) electrons. The molecule has 1 N–H and O–H groups in total. The summed E-state index contributed by atoms with van der Waals surface area (Å²) in [6.45, 7) is 6.16. The average molecular weight is 314 g/mol. The lowest BCUT2D eigenvalue weighted by molar-refractivity contribution is 0.462. The Morgan fingerprint density at radius 2 is 1.04 bits per heavy atom. The molecule has 0 heterocycles. The molecule has 0 fully saturated rings. The van der Waals surface area contributed by atoms with E-state index in [0.717, 1.165) is 5.56 Å². The Kier molecular flexibility index (Phi) is 3.45. The van der Waals surface area contributed by atoms with Gasteiger partial charge in [0, 0.05) is 17.4 Å². The quantitative estimate of drug-likeness (QED) is 0.388. The highest BCUT2D eigenvalue weighted by atomic mass is 16.3. The second-order valence-corrected chi connectivity index (χ2v) is 6.35. The first-order valence-electron chi connectivity index (χ1n) is 8.77. The molecule has 0 amide bonds. The molecule has 0 unspecified atom stereocenters. The highest BCUT2D eigenvalue weighted by Crippen LogP contribution is 2.58. The van der Waals surface area contributed by atoms with Crippen molar-refractivity contribution < 1.29 is 5.11 Å². The van der Waals surface area contributed by atoms with Crippen LogP contribution in [0.2, 0.25) is 0 Å². The summed E-state index contributed by atoms with van der Waals surface area (Å²) in [6.07, 6.45) is 0. The van der Waals surface area contributed by atoms with Gasteiger partial charge < -0.3 is 5.11 Å². The summed E-state index contributed by atoms with van der Waals surface area (Å²) in [7, 11) is 0. The lowest BCUT2D eigenvalue weighted by Gasteiger charge is -2.43. The smallest absolute Gasteiger partial charge is 0.120 e. The molecule has 3 aliphatic carbocycles. The molecule has 0 saturated heterocycles. The Hall–Kier alpha value is -2.54. The van der Waals surface area contributed by atoms with Crippen LogP contribution in [0.5, 0.6) is 5.75 Å². The molecule has 3 aromatic carbocycles. The SMILES string of the molecule is CC.Cc1ccc(O)c2c1C1c3ccccc3C2c2ccccc21. The van der Waals surface area contributed by atoms with Gasteiger partial charge in [-0.2, -0.15) is 0 Å². The molecule has 3 aliphatic rings. The monoisotopic (exact) mass is 314 g/mol. The van der Waals surface area contributed by atoms with Gasteiger partial charge in [-0.25, -0.2) is 0 Å². The summed E-state index contributed by atoms with van der Waals surface area (Å²) in [6, 6.07) is 21.3. The Balaban J connectivity index is 0.000000704. The van der Waals surface area contributed by atoms with Crippen LogP contribution >= 0.6 is 0 Å². The van der Waals surface area contributed by atoms with Crippen LogP contribution in [0.4, 0.5) is 0 Å². The van der Waals surface area contributed by atoms with Crippen molar-refractivity contribution in [1.29, 1.82) is 0 Å². The van der Waals surface area contributed by atoms with Crippen LogP contribution in [0.15, 0.2) is 60.7 Å². The maximum absolute atomic E-state index is 10.6. The first kappa shape index (κ1) is 15.0. The third kappa shape index (κ3) is 1.81. The van der Waals surface area contributed by atoms with Gasteiger partial charge in [0.05, 0.1) is 0 Å². The summed E-state index contributed by atoms with van der Waals surface area (Å²) in [5.41, 5.74) is 9.18. The largest absolute Gasteiger partial charge is 0.508 e. The molecule has 0 saturated carbocycles. The van der Waals surface area contributed by atoms with Gasteiger partial charge in [-0.05, 0) is 46.4 Å². The first-order valence-corrected chi connectivity index (χ1v) is 8.77. The minimum absolute atomic E-state index is 0.160. The van der Waals surface area contributed by atoms with Crippen molar-refractivity contribution in [2.24, 2.45) is 0 Å². The summed E-state index contributed by atoms with van der Waals surface area (Å²) in [5.74, 6) is 0.839. The fourth-order valence-corrected chi connectivity index (χ4v) is 4.45. The number of phenolic OH excluding ortho intramolecular Hbond substituents is 1. The second-order valence-electron chi connectivity index (χ2n) is 6.35. The maximum Gasteiger partial charge on any atom is 0.120 e. The zero-order valence-electron chi connectivity index (χ0n) is 14.4. The van der Waals surface area contributed by atoms with Crippen LogP contribution < -0.4 is 0 Å². The molecule has 120 valence electrons. The van der Waals surface area contributed by atoms with E-state index in [4.69, 9.17) is 0 Å². The number of aryl methyl sites for hydroxylation is 1. The van der Waals surface area contributed by atoms with E-state index in [-0.39, 0.29) is 11.8 Å². The zero-order chi connectivity index (χ0) is 16.8. The van der Waals surface area contributed by atoms with E-state index in [1.54, 1.807) is 0 Å². The molecule has 3 aromatic rings. The Labute approximate surface area is 143 Å². The maximum atomic E-state index is 10.6. The van der Waals surface area contributed by atoms with Gasteiger partial charge in [0.1, 0.15) is 5.75 Å². The van der Waals surface area contributed by atoms with Crippen LogP contribution in [-0.2, 0) is 0 Å². The molecule has 1 nitrogen and oxygen atoms in total. The van der Waals surface area contributed by atoms with Gasteiger partial charge in [0.15, 0.2) is 0 Å². The molecule has 2 bridgehead atoms. The number of hydrogen-bond donors (Lipinski definition) is 1. The standard InChI is InChI=1S/C21H16O.C2H6/c1-12-10-11-17(22)21-18(12)19-13-6-2-4-8-15(13)20(21)16-9-5-3-7-14(16)19;1-2/h2-11,19-20,22H,1H3;1-2H3. The van der Waals surface area contributed by atoms with E-state index in [0.29, 0.717) is 5.75 Å². The van der Waals surface area contributed by atoms with E-state index in [1.807, 2.05) is 26.0 Å². The number of hydrogen-bond acceptors (Lipinski definition) is 1. The number of phenols is 1. The molecular formula is C23H22O. The van der Waals surface area contributed by atoms with Crippen LogP contribution in [0, 0.1) is 6.92 Å². The van der Waals surface area contributed by atoms with Gasteiger partial charge >= 0.3 is 0 Å². The topological polar surface area (TPSA) is 20.2 Å².